The van der Waals surface area contributed by atoms with Gasteiger partial charge in [0.05, 0.1) is 22.8 Å². The van der Waals surface area contributed by atoms with E-state index in [1.54, 1.807) is 30.5 Å². The Morgan fingerprint density at radius 3 is 2.61 bits per heavy atom. The fraction of sp³-hybridized carbons (Fsp3) is 0.125. The van der Waals surface area contributed by atoms with Crippen LogP contribution in [0.1, 0.15) is 11.3 Å². The number of nitrogens with one attached hydrogen (secondary N) is 1. The summed E-state index contributed by atoms with van der Waals surface area (Å²) in [4.78, 5) is 8.91. The van der Waals surface area contributed by atoms with Gasteiger partial charge in [0.25, 0.3) is 0 Å². The summed E-state index contributed by atoms with van der Waals surface area (Å²) in [5.74, 6) is 0. The van der Waals surface area contributed by atoms with Crippen LogP contribution in [0.25, 0.3) is 10.7 Å². The van der Waals surface area contributed by atoms with E-state index in [4.69, 9.17) is 0 Å². The van der Waals surface area contributed by atoms with Crippen LogP contribution in [0.3, 0.4) is 0 Å². The van der Waals surface area contributed by atoms with Crippen molar-refractivity contribution in [1.82, 2.24) is 14.7 Å². The molecular weight excluding hydrogens is 330 g/mol. The van der Waals surface area contributed by atoms with E-state index in [-0.39, 0.29) is 11.4 Å². The van der Waals surface area contributed by atoms with Crippen molar-refractivity contribution < 1.29 is 8.42 Å². The Morgan fingerprint density at radius 1 is 1.13 bits per heavy atom. The summed E-state index contributed by atoms with van der Waals surface area (Å²) in [7, 11) is -3.53. The minimum Gasteiger partial charge on any atom is -0.254 e. The van der Waals surface area contributed by atoms with Crippen molar-refractivity contribution in [2.24, 2.45) is 0 Å². The van der Waals surface area contributed by atoms with Crippen molar-refractivity contribution in [2.45, 2.75) is 18.4 Å². The zero-order valence-electron chi connectivity index (χ0n) is 12.4. The highest BCUT2D eigenvalue weighted by atomic mass is 32.2. The highest BCUT2D eigenvalue weighted by molar-refractivity contribution is 7.89. The summed E-state index contributed by atoms with van der Waals surface area (Å²) in [6.45, 7) is 2.07. The van der Waals surface area contributed by atoms with Crippen molar-refractivity contribution >= 4 is 21.4 Å². The second kappa shape index (κ2) is 6.57. The second-order valence-electron chi connectivity index (χ2n) is 5.00. The van der Waals surface area contributed by atoms with Crippen LogP contribution in [0.4, 0.5) is 0 Å². The lowest BCUT2D eigenvalue weighted by atomic mass is 10.2. The first-order chi connectivity index (χ1) is 11.0. The molecule has 0 radical (unpaired) electrons. The molecule has 7 heteroatoms. The van der Waals surface area contributed by atoms with Gasteiger partial charge < -0.3 is 0 Å². The minimum atomic E-state index is -3.53. The van der Waals surface area contributed by atoms with E-state index in [9.17, 15) is 8.42 Å². The highest BCUT2D eigenvalue weighted by Gasteiger charge is 2.14. The fourth-order valence-corrected chi connectivity index (χ4v) is 3.76. The SMILES string of the molecule is Cc1ccc(S(=O)(=O)NCc2csc(-c3ccccn3)n2)cc1. The van der Waals surface area contributed by atoms with Crippen LogP contribution in [-0.2, 0) is 16.6 Å². The molecule has 0 spiro atoms. The lowest BCUT2D eigenvalue weighted by Crippen LogP contribution is -2.23. The number of hydrogen-bond donors (Lipinski definition) is 1. The van der Waals surface area contributed by atoms with Gasteiger partial charge in [0.2, 0.25) is 10.0 Å². The quantitative estimate of drug-likeness (QED) is 0.771. The molecule has 0 aliphatic heterocycles. The van der Waals surface area contributed by atoms with Crippen molar-refractivity contribution in [2.75, 3.05) is 0 Å². The molecule has 0 aliphatic rings. The predicted molar refractivity (Wildman–Crippen MR) is 90.5 cm³/mol. The number of hydrogen-bond acceptors (Lipinski definition) is 5. The molecule has 0 aliphatic carbocycles. The number of rotatable bonds is 5. The van der Waals surface area contributed by atoms with E-state index >= 15 is 0 Å². The lowest BCUT2D eigenvalue weighted by Gasteiger charge is -2.05. The normalized spacial score (nSPS) is 11.5. The number of aromatic nitrogens is 2. The van der Waals surface area contributed by atoms with Crippen LogP contribution in [0, 0.1) is 6.92 Å². The fourth-order valence-electron chi connectivity index (χ4n) is 1.96. The van der Waals surface area contributed by atoms with Gasteiger partial charge in [0.15, 0.2) is 0 Å². The van der Waals surface area contributed by atoms with Crippen molar-refractivity contribution in [3.05, 3.63) is 65.3 Å². The van der Waals surface area contributed by atoms with Gasteiger partial charge in [0, 0.05) is 11.6 Å². The standard InChI is InChI=1S/C16H15N3O2S2/c1-12-5-7-14(8-6-12)23(20,21)18-10-13-11-22-16(19-13)15-4-2-3-9-17-15/h2-9,11,18H,10H2,1H3. The lowest BCUT2D eigenvalue weighted by molar-refractivity contribution is 0.580. The Morgan fingerprint density at radius 2 is 1.91 bits per heavy atom. The number of aryl methyl sites for hydroxylation is 1. The number of nitrogens with zero attached hydrogens (tertiary/aromatic N) is 2. The van der Waals surface area contributed by atoms with E-state index in [1.807, 2.05) is 30.5 Å². The predicted octanol–water partition coefficient (Wildman–Crippen LogP) is 2.99. The van der Waals surface area contributed by atoms with Crippen LogP contribution < -0.4 is 4.72 Å². The van der Waals surface area contributed by atoms with E-state index in [0.29, 0.717) is 5.69 Å². The van der Waals surface area contributed by atoms with E-state index in [1.165, 1.54) is 11.3 Å². The van der Waals surface area contributed by atoms with E-state index in [0.717, 1.165) is 16.3 Å². The Kier molecular flexibility index (Phi) is 4.51. The van der Waals surface area contributed by atoms with Crippen LogP contribution in [0.2, 0.25) is 0 Å². The number of sulfonamides is 1. The molecule has 5 nitrogen and oxygen atoms in total. The number of benzene rings is 1. The second-order valence-corrected chi connectivity index (χ2v) is 7.62. The van der Waals surface area contributed by atoms with Gasteiger partial charge >= 0.3 is 0 Å². The van der Waals surface area contributed by atoms with Crippen molar-refractivity contribution in [1.29, 1.82) is 0 Å². The molecule has 118 valence electrons. The molecule has 0 saturated heterocycles. The zero-order chi connectivity index (χ0) is 16.3. The Balaban J connectivity index is 1.71. The average molecular weight is 345 g/mol. The van der Waals surface area contributed by atoms with Crippen LogP contribution in [0.5, 0.6) is 0 Å². The van der Waals surface area contributed by atoms with Gasteiger partial charge in [-0.25, -0.2) is 18.1 Å². The van der Waals surface area contributed by atoms with Crippen LogP contribution in [-0.4, -0.2) is 18.4 Å². The first kappa shape index (κ1) is 15.8. The topological polar surface area (TPSA) is 72.0 Å². The number of thiazole rings is 1. The molecule has 2 aromatic heterocycles. The summed E-state index contributed by atoms with van der Waals surface area (Å²) in [5.41, 5.74) is 2.47. The molecular formula is C16H15N3O2S2. The average Bonchev–Trinajstić information content (AvgIpc) is 3.03. The van der Waals surface area contributed by atoms with Crippen molar-refractivity contribution in [3.63, 3.8) is 0 Å². The first-order valence-electron chi connectivity index (χ1n) is 6.97. The van der Waals surface area contributed by atoms with Gasteiger partial charge in [0.1, 0.15) is 5.01 Å². The summed E-state index contributed by atoms with van der Waals surface area (Å²) < 4.78 is 27.1. The largest absolute Gasteiger partial charge is 0.254 e. The molecule has 0 fully saturated rings. The minimum absolute atomic E-state index is 0.152. The third-order valence-electron chi connectivity index (χ3n) is 3.21. The van der Waals surface area contributed by atoms with E-state index < -0.39 is 10.0 Å². The number of pyridine rings is 1. The Labute approximate surface area is 139 Å². The molecule has 0 saturated carbocycles. The maximum absolute atomic E-state index is 12.2. The molecule has 0 amide bonds. The Hall–Kier alpha value is -2.09. The third-order valence-corrected chi connectivity index (χ3v) is 5.54. The summed E-state index contributed by atoms with van der Waals surface area (Å²) in [6.07, 6.45) is 1.70. The van der Waals surface area contributed by atoms with E-state index in [2.05, 4.69) is 14.7 Å². The zero-order valence-corrected chi connectivity index (χ0v) is 14.1. The molecule has 1 aromatic carbocycles. The molecule has 1 N–H and O–H groups in total. The van der Waals surface area contributed by atoms with Crippen LogP contribution in [0.15, 0.2) is 58.9 Å². The van der Waals surface area contributed by atoms with Gasteiger partial charge in [-0.2, -0.15) is 0 Å². The molecule has 0 unspecified atom stereocenters. The highest BCUT2D eigenvalue weighted by Crippen LogP contribution is 2.21. The monoisotopic (exact) mass is 345 g/mol. The first-order valence-corrected chi connectivity index (χ1v) is 9.33. The molecule has 3 rings (SSSR count). The van der Waals surface area contributed by atoms with Gasteiger partial charge in [-0.15, -0.1) is 11.3 Å². The maximum atomic E-state index is 12.2. The van der Waals surface area contributed by atoms with Gasteiger partial charge in [-0.05, 0) is 31.2 Å². The Bertz CT molecular complexity index is 889. The summed E-state index contributed by atoms with van der Waals surface area (Å²) >= 11 is 1.44. The van der Waals surface area contributed by atoms with Gasteiger partial charge in [-0.3, -0.25) is 4.98 Å². The molecule has 0 atom stereocenters. The molecule has 2 heterocycles. The van der Waals surface area contributed by atoms with Crippen molar-refractivity contribution in [3.8, 4) is 10.7 Å². The smallest absolute Gasteiger partial charge is 0.240 e. The van der Waals surface area contributed by atoms with Gasteiger partial charge in [-0.1, -0.05) is 23.8 Å². The maximum Gasteiger partial charge on any atom is 0.240 e. The summed E-state index contributed by atoms with van der Waals surface area (Å²) in [6, 6.07) is 12.3. The molecule has 0 bridgehead atoms. The third kappa shape index (κ3) is 3.82. The molecule has 23 heavy (non-hydrogen) atoms. The molecule has 3 aromatic rings. The van der Waals surface area contributed by atoms with Crippen LogP contribution >= 0.6 is 11.3 Å². The summed E-state index contributed by atoms with van der Waals surface area (Å²) in [5, 5.41) is 2.61.